The van der Waals surface area contributed by atoms with Gasteiger partial charge in [0, 0.05) is 12.6 Å². The number of nitrogens with zero attached hydrogens (tertiary/aromatic N) is 2. The normalized spacial score (nSPS) is 16.9. The van der Waals surface area contributed by atoms with Gasteiger partial charge in [0.25, 0.3) is 0 Å². The number of hydrogen-bond acceptors (Lipinski definition) is 5. The van der Waals surface area contributed by atoms with E-state index in [4.69, 9.17) is 0 Å². The van der Waals surface area contributed by atoms with E-state index in [9.17, 15) is 4.79 Å². The number of likely N-dealkylation sites (N-methyl/N-ethyl adjacent to an activating group) is 1. The van der Waals surface area contributed by atoms with Gasteiger partial charge in [0.2, 0.25) is 0 Å². The molecule has 82 valence electrons. The number of ketones is 1. The van der Waals surface area contributed by atoms with Gasteiger partial charge in [-0.3, -0.25) is 9.69 Å². The second-order valence-corrected chi connectivity index (χ2v) is 5.19. The lowest BCUT2D eigenvalue weighted by atomic mass is 10.2. The van der Waals surface area contributed by atoms with Crippen LogP contribution in [0.2, 0.25) is 0 Å². The summed E-state index contributed by atoms with van der Waals surface area (Å²) in [4.78, 5) is 19.0. The van der Waals surface area contributed by atoms with Crippen LogP contribution in [-0.2, 0) is 6.54 Å². The summed E-state index contributed by atoms with van der Waals surface area (Å²) in [5.41, 5.74) is 0.918. The van der Waals surface area contributed by atoms with Crippen LogP contribution in [0.15, 0.2) is 0 Å². The van der Waals surface area contributed by atoms with Crippen molar-refractivity contribution in [3.63, 3.8) is 0 Å². The predicted molar refractivity (Wildman–Crippen MR) is 61.5 cm³/mol. The van der Waals surface area contributed by atoms with Crippen molar-refractivity contribution >= 4 is 22.3 Å². The molecule has 0 fully saturated rings. The first kappa shape index (κ1) is 10.6. The van der Waals surface area contributed by atoms with Gasteiger partial charge in [0.05, 0.1) is 17.1 Å². The molecular weight excluding hydrogens is 210 g/mol. The van der Waals surface area contributed by atoms with E-state index in [1.165, 1.54) is 11.3 Å². The molecule has 0 unspecified atom stereocenters. The summed E-state index contributed by atoms with van der Waals surface area (Å²) in [5, 5.41) is 4.09. The van der Waals surface area contributed by atoms with E-state index in [-0.39, 0.29) is 5.78 Å². The van der Waals surface area contributed by atoms with E-state index in [0.29, 0.717) is 12.6 Å². The Bertz CT molecular complexity index is 386. The number of anilines is 1. The third-order valence-electron chi connectivity index (χ3n) is 2.20. The Kier molecular flexibility index (Phi) is 2.75. The topological polar surface area (TPSA) is 45.2 Å². The smallest absolute Gasteiger partial charge is 0.188 e. The molecule has 0 aliphatic carbocycles. The van der Waals surface area contributed by atoms with Crippen LogP contribution in [0.25, 0.3) is 0 Å². The molecule has 2 rings (SSSR count). The maximum atomic E-state index is 11.7. The highest BCUT2D eigenvalue weighted by molar-refractivity contribution is 7.17. The van der Waals surface area contributed by atoms with Gasteiger partial charge in [-0.05, 0) is 20.9 Å². The van der Waals surface area contributed by atoms with Gasteiger partial charge >= 0.3 is 0 Å². The number of nitrogens with one attached hydrogen (secondary N) is 1. The molecule has 1 aromatic rings. The third kappa shape index (κ3) is 2.18. The average molecular weight is 225 g/mol. The highest BCUT2D eigenvalue weighted by atomic mass is 32.1. The fourth-order valence-electron chi connectivity index (χ4n) is 1.61. The van der Waals surface area contributed by atoms with E-state index in [1.807, 2.05) is 11.9 Å². The largest absolute Gasteiger partial charge is 0.359 e. The molecule has 1 N–H and O–H groups in total. The average Bonchev–Trinajstić information content (AvgIpc) is 2.45. The summed E-state index contributed by atoms with van der Waals surface area (Å²) >= 11 is 1.48. The SMILES string of the molecule is CC(C)Nc1nc2c(s1)C(=O)CN(C)C2. The van der Waals surface area contributed by atoms with Crippen molar-refractivity contribution in [3.8, 4) is 0 Å². The van der Waals surface area contributed by atoms with Crippen LogP contribution in [0.5, 0.6) is 0 Å². The van der Waals surface area contributed by atoms with Crippen LogP contribution < -0.4 is 5.32 Å². The highest BCUT2D eigenvalue weighted by Gasteiger charge is 2.25. The molecule has 5 heteroatoms. The Morgan fingerprint density at radius 1 is 1.47 bits per heavy atom. The zero-order valence-corrected chi connectivity index (χ0v) is 10.0. The minimum Gasteiger partial charge on any atom is -0.359 e. The second-order valence-electron chi connectivity index (χ2n) is 4.19. The Hall–Kier alpha value is -0.940. The number of fused-ring (bicyclic) bond motifs is 1. The van der Waals surface area contributed by atoms with E-state index in [2.05, 4.69) is 24.1 Å². The molecule has 0 bridgehead atoms. The van der Waals surface area contributed by atoms with E-state index in [0.717, 1.165) is 22.2 Å². The van der Waals surface area contributed by atoms with Crippen molar-refractivity contribution in [1.82, 2.24) is 9.88 Å². The van der Waals surface area contributed by atoms with Gasteiger partial charge in [-0.2, -0.15) is 0 Å². The second kappa shape index (κ2) is 3.90. The number of carbonyl (C=O) groups is 1. The lowest BCUT2D eigenvalue weighted by molar-refractivity contribution is 0.0926. The molecule has 1 aliphatic rings. The maximum Gasteiger partial charge on any atom is 0.188 e. The standard InChI is InChI=1S/C10H15N3OS/c1-6(2)11-10-12-7-4-13(3)5-8(14)9(7)15-10/h6H,4-5H2,1-3H3,(H,11,12). The minimum absolute atomic E-state index is 0.188. The predicted octanol–water partition coefficient (Wildman–Crippen LogP) is 1.59. The Morgan fingerprint density at radius 3 is 2.87 bits per heavy atom. The van der Waals surface area contributed by atoms with Crippen molar-refractivity contribution in [2.45, 2.75) is 26.4 Å². The van der Waals surface area contributed by atoms with E-state index >= 15 is 0 Å². The number of aromatic nitrogens is 1. The quantitative estimate of drug-likeness (QED) is 0.830. The summed E-state index contributed by atoms with van der Waals surface area (Å²) in [7, 11) is 1.94. The zero-order chi connectivity index (χ0) is 11.0. The van der Waals surface area contributed by atoms with E-state index in [1.54, 1.807) is 0 Å². The molecule has 0 radical (unpaired) electrons. The van der Waals surface area contributed by atoms with Gasteiger partial charge in [-0.1, -0.05) is 11.3 Å². The highest BCUT2D eigenvalue weighted by Crippen LogP contribution is 2.27. The molecule has 2 heterocycles. The van der Waals surface area contributed by atoms with Crippen molar-refractivity contribution in [2.24, 2.45) is 0 Å². The van der Waals surface area contributed by atoms with Crippen molar-refractivity contribution in [3.05, 3.63) is 10.6 Å². The van der Waals surface area contributed by atoms with E-state index < -0.39 is 0 Å². The van der Waals surface area contributed by atoms with Gasteiger partial charge in [0.15, 0.2) is 10.9 Å². The van der Waals surface area contributed by atoms with Crippen molar-refractivity contribution < 1.29 is 4.79 Å². The van der Waals surface area contributed by atoms with Crippen LogP contribution >= 0.6 is 11.3 Å². The zero-order valence-electron chi connectivity index (χ0n) is 9.20. The van der Waals surface area contributed by atoms with Gasteiger partial charge in [0.1, 0.15) is 0 Å². The molecule has 0 saturated heterocycles. The molecule has 0 atom stereocenters. The number of rotatable bonds is 2. The molecule has 0 saturated carbocycles. The third-order valence-corrected chi connectivity index (χ3v) is 3.27. The van der Waals surface area contributed by atoms with Crippen molar-refractivity contribution in [1.29, 1.82) is 0 Å². The molecule has 1 aromatic heterocycles. The molecular formula is C10H15N3OS. The van der Waals surface area contributed by atoms with Crippen LogP contribution in [0.3, 0.4) is 0 Å². The van der Waals surface area contributed by atoms with Crippen LogP contribution in [0.4, 0.5) is 5.13 Å². The number of thiazole rings is 1. The summed E-state index contributed by atoms with van der Waals surface area (Å²) in [6, 6.07) is 0.352. The van der Waals surface area contributed by atoms with Gasteiger partial charge in [-0.15, -0.1) is 0 Å². The summed E-state index contributed by atoms with van der Waals surface area (Å²) < 4.78 is 0. The first-order valence-corrected chi connectivity index (χ1v) is 5.86. The fraction of sp³-hybridized carbons (Fsp3) is 0.600. The summed E-state index contributed by atoms with van der Waals surface area (Å²) in [5.74, 6) is 0.188. The summed E-state index contributed by atoms with van der Waals surface area (Å²) in [6.07, 6.45) is 0. The molecule has 4 nitrogen and oxygen atoms in total. The molecule has 0 aromatic carbocycles. The maximum absolute atomic E-state index is 11.7. The van der Waals surface area contributed by atoms with Crippen LogP contribution in [0, 0.1) is 0 Å². The monoisotopic (exact) mass is 225 g/mol. The van der Waals surface area contributed by atoms with Gasteiger partial charge in [-0.25, -0.2) is 4.98 Å². The van der Waals surface area contributed by atoms with Gasteiger partial charge < -0.3 is 5.32 Å². The van der Waals surface area contributed by atoms with Crippen LogP contribution in [-0.4, -0.2) is 35.3 Å². The molecule has 0 amide bonds. The summed E-state index contributed by atoms with van der Waals surface area (Å²) in [6.45, 7) is 5.41. The fourth-order valence-corrected chi connectivity index (χ4v) is 2.66. The number of carbonyl (C=O) groups excluding carboxylic acids is 1. The lowest BCUT2D eigenvalue weighted by Crippen LogP contribution is -2.31. The first-order chi connectivity index (χ1) is 7.06. The Balaban J connectivity index is 2.26. The van der Waals surface area contributed by atoms with Crippen molar-refractivity contribution in [2.75, 3.05) is 18.9 Å². The molecule has 0 spiro atoms. The minimum atomic E-state index is 0.188. The Labute approximate surface area is 93.3 Å². The number of hydrogen-bond donors (Lipinski definition) is 1. The molecule has 1 aliphatic heterocycles. The Morgan fingerprint density at radius 2 is 2.20 bits per heavy atom. The molecule has 15 heavy (non-hydrogen) atoms. The first-order valence-electron chi connectivity index (χ1n) is 5.04. The lowest BCUT2D eigenvalue weighted by Gasteiger charge is -2.19. The van der Waals surface area contributed by atoms with Crippen LogP contribution in [0.1, 0.15) is 29.2 Å². The number of Topliss-reactive ketones (excluding diaryl/α,β-unsaturated/α-hetero) is 1.